The average molecular weight is 796 g/mol. The highest BCUT2D eigenvalue weighted by atomic mass is 15.4. The molecule has 11 nitrogen and oxygen atoms in total. The molecule has 0 unspecified atom stereocenters. The van der Waals surface area contributed by atoms with E-state index in [0.29, 0.717) is 5.95 Å². The molecule has 328 valence electrons. The lowest BCUT2D eigenvalue weighted by atomic mass is 9.75. The molecule has 0 spiro atoms. The van der Waals surface area contributed by atoms with E-state index in [1.54, 1.807) is 0 Å². The fraction of sp³-hybridized carbons (Fsp3) is 0.935. The molecule has 5 heterocycles. The van der Waals surface area contributed by atoms with Crippen LogP contribution in [-0.4, -0.2) is 115 Å². The van der Waals surface area contributed by atoms with Gasteiger partial charge in [0.1, 0.15) is 0 Å². The number of piperidine rings is 4. The third kappa shape index (κ3) is 12.4. The van der Waals surface area contributed by atoms with Gasteiger partial charge in [-0.2, -0.15) is 15.0 Å². The van der Waals surface area contributed by atoms with Crippen molar-refractivity contribution in [2.45, 2.75) is 251 Å². The monoisotopic (exact) mass is 796 g/mol. The molecule has 1 aromatic rings. The van der Waals surface area contributed by atoms with Crippen molar-refractivity contribution in [3.63, 3.8) is 0 Å². The van der Waals surface area contributed by atoms with E-state index in [9.17, 15) is 0 Å². The molecule has 11 heteroatoms. The van der Waals surface area contributed by atoms with E-state index in [0.717, 1.165) is 95.9 Å². The molecular formula is C46H89N11. The van der Waals surface area contributed by atoms with Gasteiger partial charge in [-0.05, 0) is 188 Å². The van der Waals surface area contributed by atoms with Crippen molar-refractivity contribution in [1.82, 2.24) is 41.1 Å². The zero-order valence-corrected chi connectivity index (χ0v) is 40.2. The molecule has 0 aliphatic carbocycles. The number of nitrogens with zero attached hydrogens (tertiary/aromatic N) is 6. The molecule has 0 atom stereocenters. The number of nitrogens with one attached hydrogen (secondary N) is 5. The molecule has 0 amide bonds. The Hall–Kier alpha value is -1.79. The van der Waals surface area contributed by atoms with E-state index < -0.39 is 0 Å². The summed E-state index contributed by atoms with van der Waals surface area (Å²) in [6.45, 7) is 46.5. The molecular weight excluding hydrogens is 707 g/mol. The van der Waals surface area contributed by atoms with Gasteiger partial charge in [0.2, 0.25) is 17.8 Å². The molecule has 0 radical (unpaired) electrons. The summed E-state index contributed by atoms with van der Waals surface area (Å²) in [4.78, 5) is 24.7. The first-order chi connectivity index (χ1) is 25.9. The van der Waals surface area contributed by atoms with Gasteiger partial charge in [0.15, 0.2) is 0 Å². The molecule has 4 fully saturated rings. The minimum atomic E-state index is -0.0332. The molecule has 5 rings (SSSR count). The summed E-state index contributed by atoms with van der Waals surface area (Å²) < 4.78 is 0. The number of rotatable bonds is 13. The number of hydrogen-bond acceptors (Lipinski definition) is 11. The standard InChI is InChI=1S/C46H89N11/c1-19-55(20-2)23-21-22-47-36-48-37(56(32-24-39(3,4)51-40(5,6)25-32)33-26-41(7,8)52-42(9,10)27-33)50-38(49-36)57(34-28-43(11,12)53-44(13,14)29-34)35-30-45(15,16)54-46(17,18)31-35/h32-35,51-54H,19-31H2,1-18H3,(H,47,48,49,50). The van der Waals surface area contributed by atoms with Crippen molar-refractivity contribution in [2.24, 2.45) is 0 Å². The Morgan fingerprint density at radius 3 is 0.965 bits per heavy atom. The Morgan fingerprint density at radius 2 is 0.719 bits per heavy atom. The van der Waals surface area contributed by atoms with Gasteiger partial charge in [-0.15, -0.1) is 0 Å². The molecule has 1 aromatic heterocycles. The van der Waals surface area contributed by atoms with Crippen molar-refractivity contribution in [2.75, 3.05) is 41.3 Å². The van der Waals surface area contributed by atoms with Crippen molar-refractivity contribution in [1.29, 1.82) is 0 Å². The van der Waals surface area contributed by atoms with E-state index in [1.165, 1.54) is 0 Å². The Morgan fingerprint density at radius 1 is 0.456 bits per heavy atom. The van der Waals surface area contributed by atoms with Gasteiger partial charge < -0.3 is 41.3 Å². The maximum absolute atomic E-state index is 5.80. The van der Waals surface area contributed by atoms with E-state index >= 15 is 0 Å². The van der Waals surface area contributed by atoms with Crippen LogP contribution in [0.1, 0.15) is 182 Å². The first-order valence-electron chi connectivity index (χ1n) is 22.9. The first kappa shape index (κ1) is 46.3. The van der Waals surface area contributed by atoms with Crippen molar-refractivity contribution >= 4 is 17.8 Å². The lowest BCUT2D eigenvalue weighted by molar-refractivity contribution is 0.122. The Bertz CT molecular complexity index is 1270. The highest BCUT2D eigenvalue weighted by molar-refractivity contribution is 5.49. The van der Waals surface area contributed by atoms with E-state index in [-0.39, 0.29) is 68.5 Å². The third-order valence-electron chi connectivity index (χ3n) is 13.2. The maximum atomic E-state index is 5.80. The lowest BCUT2D eigenvalue weighted by Crippen LogP contribution is -2.67. The van der Waals surface area contributed by atoms with Crippen LogP contribution in [0.3, 0.4) is 0 Å². The fourth-order valence-electron chi connectivity index (χ4n) is 12.8. The summed E-state index contributed by atoms with van der Waals surface area (Å²) in [5, 5.41) is 19.7. The molecule has 4 saturated heterocycles. The molecule has 0 aromatic carbocycles. The minimum absolute atomic E-state index is 0.0332. The Kier molecular flexibility index (Phi) is 13.2. The van der Waals surface area contributed by atoms with E-state index in [4.69, 9.17) is 15.0 Å². The molecule has 5 N–H and O–H groups in total. The Balaban J connectivity index is 1.71. The largest absolute Gasteiger partial charge is 0.354 e. The maximum Gasteiger partial charge on any atom is 0.232 e. The summed E-state index contributed by atoms with van der Waals surface area (Å²) >= 11 is 0. The normalized spacial score (nSPS) is 26.9. The zero-order valence-electron chi connectivity index (χ0n) is 40.2. The summed E-state index contributed by atoms with van der Waals surface area (Å²) in [6.07, 6.45) is 9.19. The molecule has 0 bridgehead atoms. The molecule has 4 aliphatic heterocycles. The zero-order chi connectivity index (χ0) is 42.6. The van der Waals surface area contributed by atoms with Crippen LogP contribution in [-0.2, 0) is 0 Å². The smallest absolute Gasteiger partial charge is 0.232 e. The predicted molar refractivity (Wildman–Crippen MR) is 243 cm³/mol. The highest BCUT2D eigenvalue weighted by Crippen LogP contribution is 2.43. The summed E-state index contributed by atoms with van der Waals surface area (Å²) in [5.74, 6) is 2.39. The predicted octanol–water partition coefficient (Wildman–Crippen LogP) is 7.87. The second kappa shape index (κ2) is 16.2. The van der Waals surface area contributed by atoms with Crippen LogP contribution in [0.2, 0.25) is 0 Å². The van der Waals surface area contributed by atoms with E-state index in [1.807, 2.05) is 0 Å². The first-order valence-corrected chi connectivity index (χ1v) is 22.9. The summed E-state index contributed by atoms with van der Waals surface area (Å²) in [7, 11) is 0. The van der Waals surface area contributed by atoms with Crippen LogP contribution in [0.5, 0.6) is 0 Å². The second-order valence-electron chi connectivity index (χ2n) is 24.2. The second-order valence-corrected chi connectivity index (χ2v) is 24.2. The van der Waals surface area contributed by atoms with Gasteiger partial charge in [-0.3, -0.25) is 0 Å². The highest BCUT2D eigenvalue weighted by Gasteiger charge is 2.49. The average Bonchev–Trinajstić information content (AvgIpc) is 2.95. The lowest BCUT2D eigenvalue weighted by Gasteiger charge is -2.56. The fourth-order valence-corrected chi connectivity index (χ4v) is 12.8. The van der Waals surface area contributed by atoms with Crippen LogP contribution in [0.15, 0.2) is 0 Å². The number of hydrogen-bond donors (Lipinski definition) is 5. The van der Waals surface area contributed by atoms with Gasteiger partial charge in [-0.1, -0.05) is 13.8 Å². The van der Waals surface area contributed by atoms with Crippen molar-refractivity contribution < 1.29 is 0 Å². The number of aromatic nitrogens is 3. The number of anilines is 3. The van der Waals surface area contributed by atoms with Crippen LogP contribution < -0.4 is 36.4 Å². The van der Waals surface area contributed by atoms with Crippen molar-refractivity contribution in [3.05, 3.63) is 0 Å². The SMILES string of the molecule is CCN(CC)CCCNc1nc(N(C2CC(C)(C)NC(C)(C)C2)C2CC(C)(C)NC(C)(C)C2)nc(N(C2CC(C)(C)NC(C)(C)C2)C2CC(C)(C)NC(C)(C)C2)n1. The van der Waals surface area contributed by atoms with Crippen LogP contribution in [0.4, 0.5) is 17.8 Å². The molecule has 57 heavy (non-hydrogen) atoms. The minimum Gasteiger partial charge on any atom is -0.354 e. The van der Waals surface area contributed by atoms with Gasteiger partial charge in [-0.25, -0.2) is 0 Å². The van der Waals surface area contributed by atoms with Gasteiger partial charge in [0, 0.05) is 75.0 Å². The van der Waals surface area contributed by atoms with Gasteiger partial charge in [0.25, 0.3) is 0 Å². The quantitative estimate of drug-likeness (QED) is 0.126. The molecule has 0 saturated carbocycles. The van der Waals surface area contributed by atoms with Crippen LogP contribution in [0.25, 0.3) is 0 Å². The summed E-state index contributed by atoms with van der Waals surface area (Å²) in [5.41, 5.74) is -0.265. The Labute approximate surface area is 350 Å². The van der Waals surface area contributed by atoms with Gasteiger partial charge >= 0.3 is 0 Å². The topological polar surface area (TPSA) is 109 Å². The van der Waals surface area contributed by atoms with E-state index in [2.05, 4.69) is 166 Å². The molecule has 4 aliphatic rings. The third-order valence-corrected chi connectivity index (χ3v) is 13.2. The van der Waals surface area contributed by atoms with Gasteiger partial charge in [0.05, 0.1) is 0 Å². The van der Waals surface area contributed by atoms with Crippen molar-refractivity contribution in [3.8, 4) is 0 Å². The van der Waals surface area contributed by atoms with Crippen LogP contribution in [0, 0.1) is 0 Å². The summed E-state index contributed by atoms with van der Waals surface area (Å²) in [6, 6.07) is 1.05. The van der Waals surface area contributed by atoms with Crippen LogP contribution >= 0.6 is 0 Å².